The van der Waals surface area contributed by atoms with Crippen LogP contribution in [0.15, 0.2) is 16.6 Å². The molecule has 142 valence electrons. The number of amides is 1. The van der Waals surface area contributed by atoms with Gasteiger partial charge in [0, 0.05) is 29.5 Å². The fraction of sp³-hybridized carbons (Fsp3) is 0.600. The molecule has 0 spiro atoms. The van der Waals surface area contributed by atoms with Crippen LogP contribution in [0.2, 0.25) is 0 Å². The summed E-state index contributed by atoms with van der Waals surface area (Å²) >= 11 is 1.74. The maximum Gasteiger partial charge on any atom is 0.250 e. The molecular formula is C20H30N4OS. The summed E-state index contributed by atoms with van der Waals surface area (Å²) in [7, 11) is 0. The van der Waals surface area contributed by atoms with Crippen molar-refractivity contribution in [3.63, 3.8) is 0 Å². The molecule has 4 N–H and O–H groups in total. The van der Waals surface area contributed by atoms with E-state index in [1.165, 1.54) is 4.88 Å². The lowest BCUT2D eigenvalue weighted by Gasteiger charge is -2.23. The molecule has 0 radical (unpaired) electrons. The van der Waals surface area contributed by atoms with E-state index in [2.05, 4.69) is 18.0 Å². The lowest BCUT2D eigenvalue weighted by molar-refractivity contribution is -0.127. The molecule has 5 nitrogen and oxygen atoms in total. The Bertz CT molecular complexity index is 703. The third-order valence-electron chi connectivity index (χ3n) is 4.85. The van der Waals surface area contributed by atoms with E-state index in [4.69, 9.17) is 11.5 Å². The predicted octanol–water partition coefficient (Wildman–Crippen LogP) is 3.60. The Morgan fingerprint density at radius 2 is 2.15 bits per heavy atom. The number of nitrogens with zero attached hydrogens (tertiary/aromatic N) is 2. The Hall–Kier alpha value is -1.66. The van der Waals surface area contributed by atoms with Gasteiger partial charge in [0.15, 0.2) is 0 Å². The fourth-order valence-electron chi connectivity index (χ4n) is 3.38. The van der Waals surface area contributed by atoms with E-state index in [9.17, 15) is 4.79 Å². The Balaban J connectivity index is 1.77. The van der Waals surface area contributed by atoms with Crippen LogP contribution < -0.4 is 11.5 Å². The van der Waals surface area contributed by atoms with Gasteiger partial charge in [-0.05, 0) is 57.2 Å². The van der Waals surface area contributed by atoms with Crippen molar-refractivity contribution in [1.82, 2.24) is 4.90 Å². The van der Waals surface area contributed by atoms with Crippen molar-refractivity contribution in [2.45, 2.75) is 64.3 Å². The quantitative estimate of drug-likeness (QED) is 0.648. The average Bonchev–Trinajstić information content (AvgIpc) is 3.41. The minimum atomic E-state index is 0.137. The highest BCUT2D eigenvalue weighted by molar-refractivity contribution is 7.13. The molecule has 1 saturated carbocycles. The normalized spacial score (nSPS) is 16.5. The highest BCUT2D eigenvalue weighted by atomic mass is 32.1. The van der Waals surface area contributed by atoms with Crippen molar-refractivity contribution in [1.29, 1.82) is 0 Å². The van der Waals surface area contributed by atoms with Gasteiger partial charge in [-0.1, -0.05) is 13.3 Å². The minimum Gasteiger partial charge on any atom is -0.387 e. The van der Waals surface area contributed by atoms with Gasteiger partial charge in [-0.2, -0.15) is 0 Å². The number of fused-ring (bicyclic) bond motifs is 1. The minimum absolute atomic E-state index is 0.137. The van der Waals surface area contributed by atoms with E-state index in [1.54, 1.807) is 11.3 Å². The van der Waals surface area contributed by atoms with Crippen LogP contribution in [0.25, 0.3) is 6.08 Å². The number of unbranched alkanes of at least 4 members (excludes halogenated alkanes) is 2. The van der Waals surface area contributed by atoms with E-state index in [-0.39, 0.29) is 5.91 Å². The lowest BCUT2D eigenvalue weighted by atomic mass is 10.1. The first-order valence-electron chi connectivity index (χ1n) is 9.79. The summed E-state index contributed by atoms with van der Waals surface area (Å²) in [6, 6.07) is 2.55. The number of rotatable bonds is 9. The van der Waals surface area contributed by atoms with Crippen molar-refractivity contribution >= 4 is 34.8 Å². The summed E-state index contributed by atoms with van der Waals surface area (Å²) in [6.07, 6.45) is 10.1. The zero-order chi connectivity index (χ0) is 18.5. The first-order chi connectivity index (χ1) is 12.6. The molecule has 0 saturated heterocycles. The second kappa shape index (κ2) is 8.82. The van der Waals surface area contributed by atoms with E-state index >= 15 is 0 Å². The van der Waals surface area contributed by atoms with Gasteiger partial charge >= 0.3 is 0 Å². The number of carbonyl (C=O) groups excluding carboxylic acids is 1. The molecular weight excluding hydrogens is 344 g/mol. The van der Waals surface area contributed by atoms with E-state index in [0.717, 1.165) is 74.2 Å². The van der Waals surface area contributed by atoms with Crippen molar-refractivity contribution in [3.05, 3.63) is 21.4 Å². The molecule has 0 bridgehead atoms. The zero-order valence-corrected chi connectivity index (χ0v) is 16.5. The first-order valence-corrected chi connectivity index (χ1v) is 10.6. The number of thiophene rings is 1. The van der Waals surface area contributed by atoms with Crippen molar-refractivity contribution in [2.24, 2.45) is 16.5 Å². The van der Waals surface area contributed by atoms with E-state index in [1.807, 2.05) is 11.0 Å². The molecule has 26 heavy (non-hydrogen) atoms. The molecule has 1 aromatic heterocycles. The zero-order valence-electron chi connectivity index (χ0n) is 15.7. The molecule has 0 aromatic carbocycles. The third kappa shape index (κ3) is 4.74. The second-order valence-corrected chi connectivity index (χ2v) is 8.41. The van der Waals surface area contributed by atoms with Gasteiger partial charge < -0.3 is 16.4 Å². The third-order valence-corrected chi connectivity index (χ3v) is 5.98. The largest absolute Gasteiger partial charge is 0.387 e. The number of hydrogen-bond donors (Lipinski definition) is 2. The number of aryl methyl sites for hydroxylation is 1. The number of amidine groups is 1. The van der Waals surface area contributed by atoms with Gasteiger partial charge in [0.05, 0.1) is 10.6 Å². The highest BCUT2D eigenvalue weighted by Crippen LogP contribution is 2.36. The summed E-state index contributed by atoms with van der Waals surface area (Å²) in [5, 5.41) is 0. The summed E-state index contributed by atoms with van der Waals surface area (Å²) in [5.74, 6) is 0.668. The Morgan fingerprint density at radius 1 is 1.35 bits per heavy atom. The van der Waals surface area contributed by atoms with Gasteiger partial charge in [0.25, 0.3) is 5.91 Å². The van der Waals surface area contributed by atoms with E-state index < -0.39 is 0 Å². The SMILES string of the molecule is CCCN(C(=O)C1=Cc2sc(CCCCCN)cc2N=C(N)C1)C1CC1. The van der Waals surface area contributed by atoms with Crippen molar-refractivity contribution in [3.8, 4) is 0 Å². The Morgan fingerprint density at radius 3 is 2.85 bits per heavy atom. The van der Waals surface area contributed by atoms with Gasteiger partial charge in [-0.25, -0.2) is 4.99 Å². The predicted molar refractivity (Wildman–Crippen MR) is 110 cm³/mol. The van der Waals surface area contributed by atoms with E-state index in [0.29, 0.717) is 18.3 Å². The molecule has 1 aliphatic carbocycles. The van der Waals surface area contributed by atoms with Crippen LogP contribution in [0.3, 0.4) is 0 Å². The molecule has 0 unspecified atom stereocenters. The topological polar surface area (TPSA) is 84.7 Å². The van der Waals surface area contributed by atoms with Crippen LogP contribution in [0, 0.1) is 0 Å². The van der Waals surface area contributed by atoms with Crippen LogP contribution in [0.5, 0.6) is 0 Å². The van der Waals surface area contributed by atoms with Crippen LogP contribution >= 0.6 is 11.3 Å². The molecule has 1 amide bonds. The van der Waals surface area contributed by atoms with Crippen LogP contribution in [-0.2, 0) is 11.2 Å². The van der Waals surface area contributed by atoms with Crippen LogP contribution in [0.1, 0.15) is 61.6 Å². The maximum absolute atomic E-state index is 13.1. The summed E-state index contributed by atoms with van der Waals surface area (Å²) in [5.41, 5.74) is 13.4. The maximum atomic E-state index is 13.1. The summed E-state index contributed by atoms with van der Waals surface area (Å²) < 4.78 is 0. The van der Waals surface area contributed by atoms with Gasteiger partial charge in [-0.15, -0.1) is 11.3 Å². The molecule has 6 heteroatoms. The van der Waals surface area contributed by atoms with Gasteiger partial charge in [0.1, 0.15) is 5.84 Å². The molecule has 1 aromatic rings. The standard InChI is InChI=1S/C20H30N4OS/c1-2-10-24(15-7-8-15)20(25)14-11-18-17(23-19(22)12-14)13-16(26-18)6-4-3-5-9-21/h11,13,15H,2-10,12,21H2,1H3,(H2,22,23). The number of carbonyl (C=O) groups is 1. The first kappa shape index (κ1) is 19.1. The number of aliphatic imine (C=N–C) groups is 1. The molecule has 2 heterocycles. The van der Waals surface area contributed by atoms with Crippen molar-refractivity contribution in [2.75, 3.05) is 13.1 Å². The summed E-state index contributed by atoms with van der Waals surface area (Å²) in [4.78, 5) is 22.0. The molecule has 1 aliphatic heterocycles. The smallest absolute Gasteiger partial charge is 0.250 e. The second-order valence-electron chi connectivity index (χ2n) is 7.24. The number of hydrogen-bond acceptors (Lipinski definition) is 5. The molecule has 0 atom stereocenters. The monoisotopic (exact) mass is 374 g/mol. The molecule has 2 aliphatic rings. The van der Waals surface area contributed by atoms with Crippen LogP contribution in [-0.4, -0.2) is 35.8 Å². The lowest BCUT2D eigenvalue weighted by Crippen LogP contribution is -2.35. The highest BCUT2D eigenvalue weighted by Gasteiger charge is 2.33. The fourth-order valence-corrected chi connectivity index (χ4v) is 4.49. The van der Waals surface area contributed by atoms with Crippen LogP contribution in [0.4, 0.5) is 5.69 Å². The van der Waals surface area contributed by atoms with Gasteiger partial charge in [-0.3, -0.25) is 4.79 Å². The summed E-state index contributed by atoms with van der Waals surface area (Å²) in [6.45, 7) is 3.70. The molecule has 3 rings (SSSR count). The Kier molecular flexibility index (Phi) is 6.48. The number of nitrogens with two attached hydrogens (primary N) is 2. The average molecular weight is 375 g/mol. The molecule has 1 fully saturated rings. The van der Waals surface area contributed by atoms with Crippen molar-refractivity contribution < 1.29 is 4.79 Å². The Labute approximate surface area is 160 Å². The van der Waals surface area contributed by atoms with Gasteiger partial charge in [0.2, 0.25) is 0 Å².